The molecule has 26 heavy (non-hydrogen) atoms. The van der Waals surface area contributed by atoms with E-state index in [1.54, 1.807) is 17.2 Å². The van der Waals surface area contributed by atoms with Gasteiger partial charge in [-0.05, 0) is 109 Å². The summed E-state index contributed by atoms with van der Waals surface area (Å²) in [6, 6.07) is 0. The summed E-state index contributed by atoms with van der Waals surface area (Å²) in [5.41, 5.74) is 3.73. The molecule has 1 aliphatic heterocycles. The van der Waals surface area contributed by atoms with Crippen LogP contribution in [0.15, 0.2) is 34.3 Å². The molecular weight excluding hydrogens is 340 g/mol. The fraction of sp³-hybridized carbons (Fsp3) is 0.696. The van der Waals surface area contributed by atoms with Crippen molar-refractivity contribution in [2.75, 3.05) is 0 Å². The molecule has 0 aromatic carbocycles. The Morgan fingerprint density at radius 1 is 1.08 bits per heavy atom. The Morgan fingerprint density at radius 2 is 1.85 bits per heavy atom. The first-order valence-corrected chi connectivity index (χ1v) is 11.2. The highest BCUT2D eigenvalue weighted by molar-refractivity contribution is 8.17. The fourth-order valence-electron chi connectivity index (χ4n) is 7.34. The molecule has 0 bridgehead atoms. The van der Waals surface area contributed by atoms with Crippen LogP contribution in [0.4, 0.5) is 0 Å². The van der Waals surface area contributed by atoms with Gasteiger partial charge in [-0.1, -0.05) is 25.5 Å². The maximum absolute atomic E-state index is 11.7. The number of fused-ring (bicyclic) bond motifs is 5. The molecule has 0 aromatic heterocycles. The minimum Gasteiger partial charge on any atom is -0.393 e. The SMILES string of the molecule is C[C@]12CC[C@H](O)CC1=CC[C@@H]1[C@@H]2CC[C@]2(C)/C(=C3\C=CC(=O)S3)CC[C@@H]12. The molecule has 2 nitrogen and oxygen atoms in total. The highest BCUT2D eigenvalue weighted by Crippen LogP contribution is 2.67. The maximum Gasteiger partial charge on any atom is 0.216 e. The number of rotatable bonds is 0. The van der Waals surface area contributed by atoms with E-state index in [2.05, 4.69) is 26.0 Å². The van der Waals surface area contributed by atoms with Crippen molar-refractivity contribution in [3.63, 3.8) is 0 Å². The predicted molar refractivity (Wildman–Crippen MR) is 106 cm³/mol. The smallest absolute Gasteiger partial charge is 0.216 e. The molecule has 4 aliphatic carbocycles. The third-order valence-corrected chi connectivity index (χ3v) is 9.68. The van der Waals surface area contributed by atoms with Crippen LogP contribution < -0.4 is 0 Å². The Balaban J connectivity index is 1.49. The highest BCUT2D eigenvalue weighted by Gasteiger charge is 2.57. The largest absolute Gasteiger partial charge is 0.393 e. The van der Waals surface area contributed by atoms with Gasteiger partial charge >= 0.3 is 0 Å². The van der Waals surface area contributed by atoms with Crippen molar-refractivity contribution in [3.05, 3.63) is 34.3 Å². The Labute approximate surface area is 161 Å². The Morgan fingerprint density at radius 3 is 2.62 bits per heavy atom. The van der Waals surface area contributed by atoms with Crippen molar-refractivity contribution in [2.45, 2.75) is 71.3 Å². The molecule has 0 amide bonds. The minimum atomic E-state index is -0.119. The van der Waals surface area contributed by atoms with Gasteiger partial charge in [0, 0.05) is 4.91 Å². The van der Waals surface area contributed by atoms with E-state index < -0.39 is 0 Å². The van der Waals surface area contributed by atoms with Crippen molar-refractivity contribution in [1.82, 2.24) is 0 Å². The lowest BCUT2D eigenvalue weighted by molar-refractivity contribution is -0.106. The van der Waals surface area contributed by atoms with E-state index >= 15 is 0 Å². The van der Waals surface area contributed by atoms with E-state index in [0.29, 0.717) is 5.41 Å². The van der Waals surface area contributed by atoms with E-state index in [4.69, 9.17) is 0 Å². The Kier molecular flexibility index (Phi) is 3.89. The van der Waals surface area contributed by atoms with Crippen LogP contribution in [0.25, 0.3) is 0 Å². The van der Waals surface area contributed by atoms with Crippen molar-refractivity contribution in [3.8, 4) is 0 Å². The summed E-state index contributed by atoms with van der Waals surface area (Å²) in [4.78, 5) is 13.0. The summed E-state index contributed by atoms with van der Waals surface area (Å²) < 4.78 is 0. The summed E-state index contributed by atoms with van der Waals surface area (Å²) in [6.45, 7) is 4.99. The summed E-state index contributed by atoms with van der Waals surface area (Å²) >= 11 is 1.45. The molecule has 5 rings (SSSR count). The second kappa shape index (κ2) is 5.85. The lowest BCUT2D eigenvalue weighted by atomic mass is 9.48. The Hall–Kier alpha value is -0.800. The van der Waals surface area contributed by atoms with E-state index in [1.807, 2.05) is 0 Å². The first kappa shape index (κ1) is 17.3. The summed E-state index contributed by atoms with van der Waals surface area (Å²) in [5, 5.41) is 10.3. The van der Waals surface area contributed by atoms with Gasteiger partial charge in [0.1, 0.15) is 0 Å². The quantitative estimate of drug-likeness (QED) is 0.581. The second-order valence-electron chi connectivity index (χ2n) is 9.75. The second-order valence-corrected chi connectivity index (χ2v) is 10.8. The molecule has 0 unspecified atom stereocenters. The first-order valence-electron chi connectivity index (χ1n) is 10.4. The first-order chi connectivity index (χ1) is 12.4. The van der Waals surface area contributed by atoms with Crippen LogP contribution in [0.5, 0.6) is 0 Å². The van der Waals surface area contributed by atoms with Crippen molar-refractivity contribution >= 4 is 16.9 Å². The number of carbonyl (C=O) groups excluding carboxylic acids is 1. The van der Waals surface area contributed by atoms with Gasteiger partial charge in [-0.25, -0.2) is 0 Å². The average Bonchev–Trinajstić information content (AvgIpc) is 3.18. The topological polar surface area (TPSA) is 37.3 Å². The van der Waals surface area contributed by atoms with Crippen LogP contribution >= 0.6 is 11.8 Å². The third-order valence-electron chi connectivity index (χ3n) is 8.74. The van der Waals surface area contributed by atoms with Crippen LogP contribution in [0, 0.1) is 28.6 Å². The van der Waals surface area contributed by atoms with Gasteiger partial charge in [-0.2, -0.15) is 0 Å². The molecule has 6 atom stereocenters. The maximum atomic E-state index is 11.7. The van der Waals surface area contributed by atoms with Crippen molar-refractivity contribution in [1.29, 1.82) is 0 Å². The number of thioether (sulfide) groups is 1. The van der Waals surface area contributed by atoms with Gasteiger partial charge in [0.2, 0.25) is 5.12 Å². The molecule has 5 aliphatic rings. The minimum absolute atomic E-state index is 0.119. The number of allylic oxidation sites excluding steroid dienone is 3. The zero-order valence-electron chi connectivity index (χ0n) is 16.0. The van der Waals surface area contributed by atoms with Gasteiger partial charge in [-0.3, -0.25) is 4.79 Å². The number of carbonyl (C=O) groups is 1. The molecular formula is C23H30O2S. The standard InChI is InChI=1S/C23H30O2S/c1-22-11-9-15(24)13-14(22)3-4-16-17-5-6-19(20-7-8-21(25)26-20)23(17,2)12-10-18(16)22/h3,7-8,15-18,24H,4-6,9-13H2,1-2H3/b20-19+/t15-,16-,17-,18-,22-,23-/m0/s1. The van der Waals surface area contributed by atoms with Crippen LogP contribution in [-0.2, 0) is 4.79 Å². The zero-order valence-corrected chi connectivity index (χ0v) is 16.8. The van der Waals surface area contributed by atoms with Crippen LogP contribution in [0.3, 0.4) is 0 Å². The van der Waals surface area contributed by atoms with Crippen LogP contribution in [0.1, 0.15) is 65.2 Å². The van der Waals surface area contributed by atoms with Crippen molar-refractivity contribution in [2.24, 2.45) is 28.6 Å². The molecule has 1 heterocycles. The molecule has 3 fully saturated rings. The summed E-state index contributed by atoms with van der Waals surface area (Å²) in [6.07, 6.45) is 15.5. The predicted octanol–water partition coefficient (Wildman–Crippen LogP) is 5.39. The summed E-state index contributed by atoms with van der Waals surface area (Å²) in [5.74, 6) is 2.32. The van der Waals surface area contributed by atoms with Gasteiger partial charge in [0.15, 0.2) is 0 Å². The number of aliphatic hydroxyl groups excluding tert-OH is 1. The molecule has 0 saturated heterocycles. The van der Waals surface area contributed by atoms with Crippen LogP contribution in [0.2, 0.25) is 0 Å². The lowest BCUT2D eigenvalue weighted by Gasteiger charge is -2.57. The van der Waals surface area contributed by atoms with E-state index in [-0.39, 0.29) is 16.6 Å². The van der Waals surface area contributed by atoms with Gasteiger partial charge in [0.05, 0.1) is 6.10 Å². The lowest BCUT2D eigenvalue weighted by Crippen LogP contribution is -2.49. The average molecular weight is 371 g/mol. The molecule has 0 spiro atoms. The number of hydrogen-bond acceptors (Lipinski definition) is 3. The van der Waals surface area contributed by atoms with E-state index in [1.165, 1.54) is 48.8 Å². The zero-order chi connectivity index (χ0) is 18.1. The van der Waals surface area contributed by atoms with Crippen molar-refractivity contribution < 1.29 is 9.90 Å². The molecule has 0 radical (unpaired) electrons. The monoisotopic (exact) mass is 370 g/mol. The van der Waals surface area contributed by atoms with E-state index in [0.717, 1.165) is 37.0 Å². The third kappa shape index (κ3) is 2.32. The van der Waals surface area contributed by atoms with E-state index in [9.17, 15) is 9.90 Å². The number of hydrogen-bond donors (Lipinski definition) is 1. The molecule has 3 heteroatoms. The van der Waals surface area contributed by atoms with Crippen LogP contribution in [-0.4, -0.2) is 16.3 Å². The highest BCUT2D eigenvalue weighted by atomic mass is 32.2. The summed E-state index contributed by atoms with van der Waals surface area (Å²) in [7, 11) is 0. The van der Waals surface area contributed by atoms with Gasteiger partial charge in [0.25, 0.3) is 0 Å². The van der Waals surface area contributed by atoms with Gasteiger partial charge < -0.3 is 5.11 Å². The normalized spacial score (nSPS) is 50.3. The number of aliphatic hydroxyl groups is 1. The molecule has 0 aromatic rings. The fourth-order valence-corrected chi connectivity index (χ4v) is 8.29. The molecule has 1 N–H and O–H groups in total. The Bertz CT molecular complexity index is 747. The molecule has 140 valence electrons. The van der Waals surface area contributed by atoms with Gasteiger partial charge in [-0.15, -0.1) is 0 Å². The molecule has 3 saturated carbocycles.